The highest BCUT2D eigenvalue weighted by atomic mass is 16.5. The number of ketones is 1. The number of phenols is 1. The van der Waals surface area contributed by atoms with Gasteiger partial charge in [-0.25, -0.2) is 0 Å². The SMILES string of the molecule is COc1ccc(C2C(C(=O)CC(C)C)=C(O)C(=O)N2c2ccc(C(C)C)cc2)cc1O. The first-order valence-corrected chi connectivity index (χ1v) is 10.4. The Labute approximate surface area is 182 Å². The number of aliphatic hydroxyl groups excluding tert-OH is 1. The fourth-order valence-corrected chi connectivity index (χ4v) is 3.85. The number of rotatable bonds is 7. The molecule has 31 heavy (non-hydrogen) atoms. The molecule has 0 fully saturated rings. The molecule has 2 aromatic carbocycles. The van der Waals surface area contributed by atoms with Gasteiger partial charge in [0.15, 0.2) is 23.0 Å². The van der Waals surface area contributed by atoms with Gasteiger partial charge in [0, 0.05) is 12.1 Å². The van der Waals surface area contributed by atoms with Gasteiger partial charge in [-0.15, -0.1) is 0 Å². The molecule has 1 aliphatic rings. The maximum atomic E-state index is 13.1. The number of hydrogen-bond donors (Lipinski definition) is 2. The average Bonchev–Trinajstić information content (AvgIpc) is 2.98. The quantitative estimate of drug-likeness (QED) is 0.651. The minimum absolute atomic E-state index is 0.0520. The van der Waals surface area contributed by atoms with Crippen molar-refractivity contribution in [3.63, 3.8) is 0 Å². The molecule has 1 amide bonds. The second-order valence-corrected chi connectivity index (χ2v) is 8.54. The second-order valence-electron chi connectivity index (χ2n) is 8.54. The highest BCUT2D eigenvalue weighted by molar-refractivity contribution is 6.16. The molecule has 6 heteroatoms. The van der Waals surface area contributed by atoms with Crippen molar-refractivity contribution in [3.8, 4) is 11.5 Å². The lowest BCUT2D eigenvalue weighted by Gasteiger charge is -2.27. The van der Waals surface area contributed by atoms with E-state index in [4.69, 9.17) is 4.74 Å². The zero-order valence-corrected chi connectivity index (χ0v) is 18.5. The van der Waals surface area contributed by atoms with Crippen LogP contribution in [0.25, 0.3) is 0 Å². The van der Waals surface area contributed by atoms with Crippen molar-refractivity contribution < 1.29 is 24.5 Å². The van der Waals surface area contributed by atoms with Gasteiger partial charge in [0.1, 0.15) is 0 Å². The van der Waals surface area contributed by atoms with Crippen LogP contribution in [-0.2, 0) is 9.59 Å². The van der Waals surface area contributed by atoms with E-state index in [1.807, 2.05) is 38.1 Å². The van der Waals surface area contributed by atoms with Gasteiger partial charge in [0.05, 0.1) is 18.7 Å². The van der Waals surface area contributed by atoms with Crippen molar-refractivity contribution in [2.45, 2.75) is 46.1 Å². The molecular weight excluding hydrogens is 394 g/mol. The summed E-state index contributed by atoms with van der Waals surface area (Å²) in [4.78, 5) is 27.5. The molecule has 1 aliphatic heterocycles. The summed E-state index contributed by atoms with van der Waals surface area (Å²) in [5.41, 5.74) is 2.24. The number of amides is 1. The van der Waals surface area contributed by atoms with Gasteiger partial charge in [0.2, 0.25) is 0 Å². The van der Waals surface area contributed by atoms with Crippen LogP contribution in [0, 0.1) is 5.92 Å². The van der Waals surface area contributed by atoms with E-state index in [-0.39, 0.29) is 35.2 Å². The summed E-state index contributed by atoms with van der Waals surface area (Å²) in [5, 5.41) is 21.0. The number of aliphatic hydroxyl groups is 1. The first kappa shape index (κ1) is 22.4. The van der Waals surface area contributed by atoms with Crippen LogP contribution < -0.4 is 9.64 Å². The predicted octanol–water partition coefficient (Wildman–Crippen LogP) is 5.04. The number of benzene rings is 2. The molecule has 3 rings (SSSR count). The van der Waals surface area contributed by atoms with Gasteiger partial charge in [-0.2, -0.15) is 0 Å². The van der Waals surface area contributed by atoms with E-state index in [1.54, 1.807) is 12.1 Å². The van der Waals surface area contributed by atoms with Crippen molar-refractivity contribution in [1.82, 2.24) is 0 Å². The molecule has 2 N–H and O–H groups in total. The lowest BCUT2D eigenvalue weighted by Crippen LogP contribution is -2.31. The third kappa shape index (κ3) is 4.29. The van der Waals surface area contributed by atoms with Gasteiger partial charge in [-0.1, -0.05) is 45.9 Å². The molecule has 0 aliphatic carbocycles. The fraction of sp³-hybridized carbons (Fsp3) is 0.360. The van der Waals surface area contributed by atoms with Crippen LogP contribution in [0.4, 0.5) is 5.69 Å². The fourth-order valence-electron chi connectivity index (χ4n) is 3.85. The standard InChI is InChI=1S/C25H29NO5/c1-14(2)12-20(28)22-23(17-8-11-21(31-5)19(27)13-17)26(25(30)24(22)29)18-9-6-16(7-10-18)15(3)4/h6-11,13-15,23,27,29H,12H2,1-5H3. The Morgan fingerprint density at radius 3 is 2.23 bits per heavy atom. The molecule has 1 heterocycles. The number of carbonyl (C=O) groups excluding carboxylic acids is 2. The van der Waals surface area contributed by atoms with Gasteiger partial charge >= 0.3 is 0 Å². The van der Waals surface area contributed by atoms with Crippen LogP contribution in [0.5, 0.6) is 11.5 Å². The van der Waals surface area contributed by atoms with E-state index in [1.165, 1.54) is 18.1 Å². The van der Waals surface area contributed by atoms with Gasteiger partial charge in [-0.05, 0) is 47.2 Å². The van der Waals surface area contributed by atoms with E-state index in [2.05, 4.69) is 13.8 Å². The van der Waals surface area contributed by atoms with Crippen molar-refractivity contribution in [1.29, 1.82) is 0 Å². The summed E-state index contributed by atoms with van der Waals surface area (Å²) >= 11 is 0. The lowest BCUT2D eigenvalue weighted by atomic mass is 9.91. The number of methoxy groups -OCH3 is 1. The molecule has 1 atom stereocenters. The van der Waals surface area contributed by atoms with Crippen molar-refractivity contribution in [2.24, 2.45) is 5.92 Å². The molecule has 2 aromatic rings. The number of hydrogen-bond acceptors (Lipinski definition) is 5. The summed E-state index contributed by atoms with van der Waals surface area (Å²) in [6, 6.07) is 11.4. The third-order valence-corrected chi connectivity index (χ3v) is 5.46. The highest BCUT2D eigenvalue weighted by Crippen LogP contribution is 2.43. The second kappa shape index (κ2) is 8.84. The van der Waals surface area contributed by atoms with Crippen molar-refractivity contribution >= 4 is 17.4 Å². The summed E-state index contributed by atoms with van der Waals surface area (Å²) < 4.78 is 5.12. The zero-order chi connectivity index (χ0) is 22.9. The maximum Gasteiger partial charge on any atom is 0.294 e. The highest BCUT2D eigenvalue weighted by Gasteiger charge is 2.44. The number of anilines is 1. The number of carbonyl (C=O) groups is 2. The lowest BCUT2D eigenvalue weighted by molar-refractivity contribution is -0.118. The van der Waals surface area contributed by atoms with E-state index in [0.29, 0.717) is 17.2 Å². The Hall–Kier alpha value is -3.28. The molecule has 0 aromatic heterocycles. The van der Waals surface area contributed by atoms with Crippen molar-refractivity contribution in [2.75, 3.05) is 12.0 Å². The normalized spacial score (nSPS) is 16.5. The number of aromatic hydroxyl groups is 1. The molecule has 0 spiro atoms. The predicted molar refractivity (Wildman–Crippen MR) is 120 cm³/mol. The van der Waals surface area contributed by atoms with Crippen LogP contribution in [0.15, 0.2) is 53.8 Å². The number of phenolic OH excluding ortho intramolecular Hbond substituents is 1. The van der Waals surface area contributed by atoms with Crippen LogP contribution in [0.3, 0.4) is 0 Å². The summed E-state index contributed by atoms with van der Waals surface area (Å²) in [7, 11) is 1.44. The topological polar surface area (TPSA) is 87.1 Å². The average molecular weight is 424 g/mol. The molecule has 0 bridgehead atoms. The molecule has 6 nitrogen and oxygen atoms in total. The Bertz CT molecular complexity index is 1020. The Balaban J connectivity index is 2.14. The molecule has 1 unspecified atom stereocenters. The minimum atomic E-state index is -0.847. The molecule has 0 radical (unpaired) electrons. The Kier molecular flexibility index (Phi) is 6.39. The van der Waals surface area contributed by atoms with Crippen LogP contribution in [-0.4, -0.2) is 29.0 Å². The molecular formula is C25H29NO5. The smallest absolute Gasteiger partial charge is 0.294 e. The van der Waals surface area contributed by atoms with Crippen LogP contribution in [0.2, 0.25) is 0 Å². The molecule has 0 saturated heterocycles. The third-order valence-electron chi connectivity index (χ3n) is 5.46. The van der Waals surface area contributed by atoms with Crippen LogP contribution in [0.1, 0.15) is 57.2 Å². The van der Waals surface area contributed by atoms with E-state index in [9.17, 15) is 19.8 Å². The van der Waals surface area contributed by atoms with Gasteiger partial charge < -0.3 is 14.9 Å². The number of nitrogens with zero attached hydrogens (tertiary/aromatic N) is 1. The summed E-state index contributed by atoms with van der Waals surface area (Å²) in [6.07, 6.45) is 0.200. The first-order chi connectivity index (χ1) is 14.6. The Morgan fingerprint density at radius 1 is 1.06 bits per heavy atom. The van der Waals surface area contributed by atoms with Gasteiger partial charge in [0.25, 0.3) is 5.91 Å². The Morgan fingerprint density at radius 2 is 1.71 bits per heavy atom. The molecule has 164 valence electrons. The number of Topliss-reactive ketones (excluding diaryl/α,β-unsaturated/α-hetero) is 1. The van der Waals surface area contributed by atoms with Gasteiger partial charge in [-0.3, -0.25) is 14.5 Å². The zero-order valence-electron chi connectivity index (χ0n) is 18.5. The van der Waals surface area contributed by atoms with E-state index >= 15 is 0 Å². The largest absolute Gasteiger partial charge is 0.504 e. The molecule has 0 saturated carbocycles. The van der Waals surface area contributed by atoms with Crippen molar-refractivity contribution in [3.05, 3.63) is 64.9 Å². The van der Waals surface area contributed by atoms with Crippen LogP contribution >= 0.6 is 0 Å². The van der Waals surface area contributed by atoms with E-state index < -0.39 is 17.7 Å². The minimum Gasteiger partial charge on any atom is -0.504 e. The maximum absolute atomic E-state index is 13.1. The number of ether oxygens (including phenoxy) is 1. The monoisotopic (exact) mass is 423 g/mol. The van der Waals surface area contributed by atoms with E-state index in [0.717, 1.165) is 5.56 Å². The first-order valence-electron chi connectivity index (χ1n) is 10.4. The summed E-state index contributed by atoms with van der Waals surface area (Å²) in [5.74, 6) is -0.903. The summed E-state index contributed by atoms with van der Waals surface area (Å²) in [6.45, 7) is 7.97.